The largest absolute Gasteiger partial charge is 0.506 e. The van der Waals surface area contributed by atoms with Crippen LogP contribution in [0.2, 0.25) is 0 Å². The van der Waals surface area contributed by atoms with Gasteiger partial charge in [0.1, 0.15) is 17.1 Å². The van der Waals surface area contributed by atoms with Crippen LogP contribution in [0, 0.1) is 19.7 Å². The number of Topliss-reactive ketones (excluding diaryl/α,β-unsaturated/α-hetero) is 1. The third-order valence-corrected chi connectivity index (χ3v) is 5.25. The Morgan fingerprint density at radius 3 is 2.52 bits per heavy atom. The quantitative estimate of drug-likeness (QED) is 0.361. The minimum Gasteiger partial charge on any atom is -0.506 e. The molecular weight excluding hydrogens is 397 g/mol. The van der Waals surface area contributed by atoms with Crippen LogP contribution in [-0.2, 0) is 4.74 Å². The summed E-state index contributed by atoms with van der Waals surface area (Å²) in [5.74, 6) is -1.72. The van der Waals surface area contributed by atoms with Gasteiger partial charge in [0.25, 0.3) is 0 Å². The Balaban J connectivity index is 1.54. The summed E-state index contributed by atoms with van der Waals surface area (Å²) in [4.78, 5) is 25.2. The molecule has 0 aliphatic carbocycles. The second-order valence-corrected chi connectivity index (χ2v) is 7.28. The maximum absolute atomic E-state index is 13.6. The molecule has 0 fully saturated rings. The molecular formula is C25H20FNO4. The van der Waals surface area contributed by atoms with Crippen molar-refractivity contribution in [1.82, 2.24) is 4.57 Å². The number of carbonyl (C=O) groups excluding carboxylic acids is 2. The van der Waals surface area contributed by atoms with Gasteiger partial charge in [0.15, 0.2) is 6.61 Å². The lowest BCUT2D eigenvalue weighted by molar-refractivity contribution is 0.0472. The van der Waals surface area contributed by atoms with Crippen LogP contribution in [-0.4, -0.2) is 28.0 Å². The van der Waals surface area contributed by atoms with Crippen molar-refractivity contribution in [3.63, 3.8) is 0 Å². The first kappa shape index (κ1) is 20.3. The maximum Gasteiger partial charge on any atom is 0.342 e. The van der Waals surface area contributed by atoms with Gasteiger partial charge in [-0.1, -0.05) is 36.4 Å². The van der Waals surface area contributed by atoms with Crippen molar-refractivity contribution >= 4 is 22.5 Å². The highest BCUT2D eigenvalue weighted by atomic mass is 19.1. The lowest BCUT2D eigenvalue weighted by Gasteiger charge is -2.10. The molecule has 0 atom stereocenters. The third kappa shape index (κ3) is 3.80. The monoisotopic (exact) mass is 417 g/mol. The van der Waals surface area contributed by atoms with E-state index in [2.05, 4.69) is 0 Å². The Morgan fingerprint density at radius 1 is 0.968 bits per heavy atom. The fourth-order valence-corrected chi connectivity index (χ4v) is 3.76. The van der Waals surface area contributed by atoms with Crippen molar-refractivity contribution in [2.24, 2.45) is 0 Å². The van der Waals surface area contributed by atoms with E-state index in [1.807, 2.05) is 19.1 Å². The smallest absolute Gasteiger partial charge is 0.342 e. The molecule has 3 aromatic carbocycles. The predicted octanol–water partition coefficient (Wildman–Crippen LogP) is 5.13. The fraction of sp³-hybridized carbons (Fsp3) is 0.120. The number of ketones is 1. The van der Waals surface area contributed by atoms with Gasteiger partial charge in [-0.2, -0.15) is 0 Å². The number of aryl methyl sites for hydroxylation is 1. The molecule has 6 heteroatoms. The van der Waals surface area contributed by atoms with Gasteiger partial charge >= 0.3 is 5.97 Å². The number of phenols is 1. The van der Waals surface area contributed by atoms with E-state index in [0.29, 0.717) is 22.3 Å². The van der Waals surface area contributed by atoms with E-state index in [-0.39, 0.29) is 22.9 Å². The lowest BCUT2D eigenvalue weighted by atomic mass is 10.1. The fourth-order valence-electron chi connectivity index (χ4n) is 3.76. The molecule has 4 rings (SSSR count). The zero-order chi connectivity index (χ0) is 22.1. The molecule has 0 spiro atoms. The van der Waals surface area contributed by atoms with Gasteiger partial charge in [0.05, 0.1) is 0 Å². The summed E-state index contributed by atoms with van der Waals surface area (Å²) in [7, 11) is 0. The number of carbonyl (C=O) groups is 2. The van der Waals surface area contributed by atoms with Crippen molar-refractivity contribution < 1.29 is 23.8 Å². The van der Waals surface area contributed by atoms with Crippen molar-refractivity contribution in [2.45, 2.75) is 13.8 Å². The van der Waals surface area contributed by atoms with Crippen LogP contribution >= 0.6 is 0 Å². The number of benzene rings is 3. The lowest BCUT2D eigenvalue weighted by Crippen LogP contribution is -2.15. The molecule has 0 radical (unpaired) electrons. The van der Waals surface area contributed by atoms with E-state index in [9.17, 15) is 19.1 Å². The summed E-state index contributed by atoms with van der Waals surface area (Å²) in [5, 5.41) is 11.7. The van der Waals surface area contributed by atoms with Crippen molar-refractivity contribution in [1.29, 1.82) is 0 Å². The third-order valence-electron chi connectivity index (χ3n) is 5.25. The molecule has 0 aliphatic rings. The molecule has 0 bridgehead atoms. The van der Waals surface area contributed by atoms with E-state index in [1.54, 1.807) is 47.9 Å². The first-order chi connectivity index (χ1) is 14.9. The average Bonchev–Trinajstić information content (AvgIpc) is 3.06. The number of nitrogens with zero attached hydrogens (tertiary/aromatic N) is 1. The highest BCUT2D eigenvalue weighted by Gasteiger charge is 2.20. The van der Waals surface area contributed by atoms with Gasteiger partial charge < -0.3 is 14.4 Å². The van der Waals surface area contributed by atoms with Gasteiger partial charge in [-0.15, -0.1) is 0 Å². The summed E-state index contributed by atoms with van der Waals surface area (Å²) < 4.78 is 20.6. The molecule has 0 saturated heterocycles. The van der Waals surface area contributed by atoms with Gasteiger partial charge in [-0.3, -0.25) is 4.79 Å². The predicted molar refractivity (Wildman–Crippen MR) is 115 cm³/mol. The van der Waals surface area contributed by atoms with Crippen LogP contribution in [0.15, 0.2) is 66.7 Å². The summed E-state index contributed by atoms with van der Waals surface area (Å²) in [6.07, 6.45) is 0. The summed E-state index contributed by atoms with van der Waals surface area (Å²) in [5.41, 5.74) is 2.36. The molecule has 0 saturated carbocycles. The molecule has 0 aliphatic heterocycles. The molecule has 0 amide bonds. The van der Waals surface area contributed by atoms with Gasteiger partial charge in [0, 0.05) is 28.0 Å². The minimum absolute atomic E-state index is 0.00302. The topological polar surface area (TPSA) is 68.5 Å². The number of esters is 1. The van der Waals surface area contributed by atoms with Gasteiger partial charge in [0.2, 0.25) is 5.78 Å². The SMILES string of the molecule is Cc1cc(C(=O)COC(=O)c2ccc3ccccc3c2O)c(C)n1-c1cccc(F)c1. The molecule has 1 heterocycles. The van der Waals surface area contributed by atoms with Crippen LogP contribution in [0.4, 0.5) is 4.39 Å². The second-order valence-electron chi connectivity index (χ2n) is 7.28. The van der Waals surface area contributed by atoms with Crippen LogP contribution in [0.3, 0.4) is 0 Å². The van der Waals surface area contributed by atoms with Crippen LogP contribution in [0.25, 0.3) is 16.5 Å². The van der Waals surface area contributed by atoms with Crippen molar-refractivity contribution in [3.8, 4) is 11.4 Å². The number of aromatic nitrogens is 1. The molecule has 0 unspecified atom stereocenters. The molecule has 4 aromatic rings. The summed E-state index contributed by atoms with van der Waals surface area (Å²) >= 11 is 0. The number of hydrogen-bond acceptors (Lipinski definition) is 4. The van der Waals surface area contributed by atoms with E-state index in [0.717, 1.165) is 11.1 Å². The highest BCUT2D eigenvalue weighted by molar-refractivity contribution is 6.03. The standard InChI is InChI=1S/C25H20FNO4/c1-15-12-22(16(2)27(15)19-8-5-7-18(26)13-19)23(28)14-31-25(30)21-11-10-17-6-3-4-9-20(17)24(21)29/h3-13,29H,14H2,1-2H3. The Bertz CT molecular complexity index is 1320. The maximum atomic E-state index is 13.6. The number of aromatic hydroxyl groups is 1. The Labute approximate surface area is 178 Å². The first-order valence-electron chi connectivity index (χ1n) is 9.72. The summed E-state index contributed by atoms with van der Waals surface area (Å²) in [6.45, 7) is 3.09. The minimum atomic E-state index is -0.782. The average molecular weight is 417 g/mol. The van der Waals surface area contributed by atoms with E-state index < -0.39 is 12.6 Å². The van der Waals surface area contributed by atoms with E-state index in [4.69, 9.17) is 4.74 Å². The highest BCUT2D eigenvalue weighted by Crippen LogP contribution is 2.29. The normalized spacial score (nSPS) is 10.9. The molecule has 31 heavy (non-hydrogen) atoms. The molecule has 1 aromatic heterocycles. The Morgan fingerprint density at radius 2 is 1.74 bits per heavy atom. The Kier molecular flexibility index (Phi) is 5.29. The molecule has 1 N–H and O–H groups in total. The second kappa shape index (κ2) is 8.07. The zero-order valence-electron chi connectivity index (χ0n) is 17.1. The summed E-state index contributed by atoms with van der Waals surface area (Å²) in [6, 6.07) is 18.1. The van der Waals surface area contributed by atoms with Crippen LogP contribution in [0.5, 0.6) is 5.75 Å². The number of fused-ring (bicyclic) bond motifs is 1. The zero-order valence-corrected chi connectivity index (χ0v) is 17.1. The number of ether oxygens (including phenoxy) is 1. The van der Waals surface area contributed by atoms with Crippen molar-refractivity contribution in [2.75, 3.05) is 6.61 Å². The van der Waals surface area contributed by atoms with Gasteiger partial charge in [-0.05, 0) is 49.6 Å². The van der Waals surface area contributed by atoms with Crippen LogP contribution < -0.4 is 0 Å². The molecule has 5 nitrogen and oxygen atoms in total. The number of halogens is 1. The number of rotatable bonds is 5. The molecule has 156 valence electrons. The van der Waals surface area contributed by atoms with E-state index >= 15 is 0 Å². The van der Waals surface area contributed by atoms with Gasteiger partial charge in [-0.25, -0.2) is 9.18 Å². The van der Waals surface area contributed by atoms with Crippen LogP contribution in [0.1, 0.15) is 32.1 Å². The first-order valence-corrected chi connectivity index (χ1v) is 9.72. The number of hydrogen-bond donors (Lipinski definition) is 1. The number of phenolic OH excluding ortho intramolecular Hbond substituents is 1. The Hall–Kier alpha value is -3.93. The van der Waals surface area contributed by atoms with E-state index in [1.165, 1.54) is 18.2 Å². The van der Waals surface area contributed by atoms with Crippen molar-refractivity contribution in [3.05, 3.63) is 95.1 Å².